The monoisotopic (exact) mass is 430 g/mol. The van der Waals surface area contributed by atoms with E-state index in [0.717, 1.165) is 28.8 Å². The highest BCUT2D eigenvalue weighted by Crippen LogP contribution is 2.34. The summed E-state index contributed by atoms with van der Waals surface area (Å²) in [5.74, 6) is 0.975. The molecule has 0 saturated heterocycles. The van der Waals surface area contributed by atoms with Gasteiger partial charge < -0.3 is 4.74 Å². The molecule has 1 N–H and O–H groups in total. The largest absolute Gasteiger partial charge is 0.437 e. The summed E-state index contributed by atoms with van der Waals surface area (Å²) in [6.07, 6.45) is 5.71. The minimum absolute atomic E-state index is 0.162. The van der Waals surface area contributed by atoms with Crippen molar-refractivity contribution in [1.29, 1.82) is 0 Å². The number of nitrogens with one attached hydrogen (secondary N) is 1. The lowest BCUT2D eigenvalue weighted by atomic mass is 10.0. The fraction of sp³-hybridized carbons (Fsp3) is 0.167. The molecule has 2 aromatic heterocycles. The molecule has 2 heterocycles. The number of thiazole rings is 1. The molecule has 2 aromatic carbocycles. The van der Waals surface area contributed by atoms with Crippen LogP contribution in [0.1, 0.15) is 34.0 Å². The molecule has 6 nitrogen and oxygen atoms in total. The number of nitrogens with zero attached hydrogens (tertiary/aromatic N) is 3. The number of carbonyl (C=O) groups is 1. The summed E-state index contributed by atoms with van der Waals surface area (Å²) in [5.41, 5.74) is 5.71. The van der Waals surface area contributed by atoms with Crippen molar-refractivity contribution in [3.8, 4) is 22.9 Å². The molecule has 0 fully saturated rings. The Hall–Kier alpha value is -3.58. The molecule has 0 aliphatic heterocycles. The van der Waals surface area contributed by atoms with Crippen LogP contribution >= 0.6 is 11.3 Å². The summed E-state index contributed by atoms with van der Waals surface area (Å²) in [6.45, 7) is 6.11. The molecule has 7 heteroatoms. The summed E-state index contributed by atoms with van der Waals surface area (Å²) < 4.78 is 5.81. The predicted molar refractivity (Wildman–Crippen MR) is 123 cm³/mol. The lowest BCUT2D eigenvalue weighted by Gasteiger charge is -2.11. The molecule has 0 spiro atoms. The molecule has 0 aliphatic rings. The molecule has 0 saturated carbocycles. The number of aryl methyl sites for hydroxylation is 3. The quantitative estimate of drug-likeness (QED) is 0.417. The van der Waals surface area contributed by atoms with Gasteiger partial charge in [-0.15, -0.1) is 11.3 Å². The molecule has 4 aromatic rings. The van der Waals surface area contributed by atoms with Crippen molar-refractivity contribution in [1.82, 2.24) is 15.0 Å². The zero-order chi connectivity index (χ0) is 21.8. The minimum Gasteiger partial charge on any atom is -0.437 e. The van der Waals surface area contributed by atoms with Gasteiger partial charge in [0.15, 0.2) is 5.13 Å². The van der Waals surface area contributed by atoms with Crippen molar-refractivity contribution in [2.75, 3.05) is 5.32 Å². The van der Waals surface area contributed by atoms with Gasteiger partial charge in [-0.25, -0.2) is 9.97 Å². The predicted octanol–water partition coefficient (Wildman–Crippen LogP) is 5.82. The van der Waals surface area contributed by atoms with E-state index in [0.29, 0.717) is 22.3 Å². The van der Waals surface area contributed by atoms with Gasteiger partial charge in [0.2, 0.25) is 5.88 Å². The Balaban J connectivity index is 1.52. The lowest BCUT2D eigenvalue weighted by Crippen LogP contribution is -2.11. The number of amides is 1. The number of anilines is 1. The molecular weight excluding hydrogens is 408 g/mol. The number of aromatic nitrogens is 3. The second kappa shape index (κ2) is 9.06. The highest BCUT2D eigenvalue weighted by molar-refractivity contribution is 7.14. The van der Waals surface area contributed by atoms with E-state index in [1.165, 1.54) is 16.9 Å². The maximum atomic E-state index is 12.5. The smallest absolute Gasteiger partial charge is 0.257 e. The molecular formula is C24H22N4O2S. The van der Waals surface area contributed by atoms with Crippen LogP contribution in [-0.4, -0.2) is 20.9 Å². The van der Waals surface area contributed by atoms with Crippen molar-refractivity contribution >= 4 is 22.4 Å². The third-order valence-electron chi connectivity index (χ3n) is 4.87. The van der Waals surface area contributed by atoms with Crippen LogP contribution in [0.3, 0.4) is 0 Å². The van der Waals surface area contributed by atoms with Crippen LogP contribution in [0.5, 0.6) is 11.6 Å². The Bertz CT molecular complexity index is 1180. The Kier molecular flexibility index (Phi) is 6.04. The van der Waals surface area contributed by atoms with Gasteiger partial charge in [-0.2, -0.15) is 0 Å². The second-order valence-corrected chi connectivity index (χ2v) is 7.98. The van der Waals surface area contributed by atoms with E-state index in [1.807, 2.05) is 55.6 Å². The molecule has 4 rings (SSSR count). The molecule has 156 valence electrons. The van der Waals surface area contributed by atoms with Gasteiger partial charge in [-0.1, -0.05) is 19.1 Å². The van der Waals surface area contributed by atoms with Crippen molar-refractivity contribution < 1.29 is 9.53 Å². The van der Waals surface area contributed by atoms with Crippen LogP contribution in [-0.2, 0) is 6.42 Å². The van der Waals surface area contributed by atoms with E-state index < -0.39 is 0 Å². The van der Waals surface area contributed by atoms with E-state index in [1.54, 1.807) is 18.6 Å². The SMILES string of the molecule is CCc1ccc(C(=O)Nc2nc(-c3c(C)cc(Oc4cnccn4)cc3C)cs2)cc1. The van der Waals surface area contributed by atoms with E-state index in [4.69, 9.17) is 4.74 Å². The normalized spacial score (nSPS) is 10.7. The van der Waals surface area contributed by atoms with E-state index in [9.17, 15) is 4.79 Å². The van der Waals surface area contributed by atoms with Crippen LogP contribution in [0.25, 0.3) is 11.3 Å². The first-order chi connectivity index (χ1) is 15.0. The molecule has 0 bridgehead atoms. The number of rotatable bonds is 6. The maximum Gasteiger partial charge on any atom is 0.257 e. The first-order valence-electron chi connectivity index (χ1n) is 9.95. The van der Waals surface area contributed by atoms with E-state index in [2.05, 4.69) is 27.2 Å². The van der Waals surface area contributed by atoms with E-state index >= 15 is 0 Å². The summed E-state index contributed by atoms with van der Waals surface area (Å²) >= 11 is 1.41. The third kappa shape index (κ3) is 4.78. The summed E-state index contributed by atoms with van der Waals surface area (Å²) in [4.78, 5) is 25.3. The van der Waals surface area contributed by atoms with Gasteiger partial charge in [-0.3, -0.25) is 15.1 Å². The van der Waals surface area contributed by atoms with Gasteiger partial charge >= 0.3 is 0 Å². The zero-order valence-electron chi connectivity index (χ0n) is 17.5. The molecule has 0 aliphatic carbocycles. The molecule has 0 unspecified atom stereocenters. The first-order valence-corrected chi connectivity index (χ1v) is 10.8. The van der Waals surface area contributed by atoms with Gasteiger partial charge in [0.1, 0.15) is 5.75 Å². The summed E-state index contributed by atoms with van der Waals surface area (Å²) in [5, 5.41) is 5.42. The van der Waals surface area contributed by atoms with Crippen LogP contribution < -0.4 is 10.1 Å². The molecule has 0 atom stereocenters. The first kappa shape index (κ1) is 20.7. The second-order valence-electron chi connectivity index (χ2n) is 7.12. The summed E-state index contributed by atoms with van der Waals surface area (Å²) in [7, 11) is 0. The van der Waals surface area contributed by atoms with Gasteiger partial charge in [0, 0.05) is 28.9 Å². The Morgan fingerprint density at radius 2 is 1.84 bits per heavy atom. The standard InChI is InChI=1S/C24H22N4O2S/c1-4-17-5-7-18(8-6-17)23(29)28-24-27-20(14-31-24)22-15(2)11-19(12-16(22)3)30-21-13-25-9-10-26-21/h5-14H,4H2,1-3H3,(H,27,28,29). The van der Waals surface area contributed by atoms with Crippen molar-refractivity contribution in [2.45, 2.75) is 27.2 Å². The fourth-order valence-corrected chi connectivity index (χ4v) is 4.05. The maximum absolute atomic E-state index is 12.5. The van der Waals surface area contributed by atoms with Crippen molar-refractivity contribution in [2.24, 2.45) is 0 Å². The molecule has 1 amide bonds. The zero-order valence-corrected chi connectivity index (χ0v) is 18.4. The molecule has 0 radical (unpaired) electrons. The van der Waals surface area contributed by atoms with Crippen LogP contribution in [0.2, 0.25) is 0 Å². The van der Waals surface area contributed by atoms with Crippen molar-refractivity contribution in [3.63, 3.8) is 0 Å². The van der Waals surface area contributed by atoms with Crippen LogP contribution in [0, 0.1) is 13.8 Å². The van der Waals surface area contributed by atoms with Crippen LogP contribution in [0.15, 0.2) is 60.4 Å². The van der Waals surface area contributed by atoms with Crippen LogP contribution in [0.4, 0.5) is 5.13 Å². The van der Waals surface area contributed by atoms with Gasteiger partial charge in [0.05, 0.1) is 11.9 Å². The number of benzene rings is 2. The minimum atomic E-state index is -0.162. The Morgan fingerprint density at radius 3 is 2.48 bits per heavy atom. The number of hydrogen-bond acceptors (Lipinski definition) is 6. The highest BCUT2D eigenvalue weighted by Gasteiger charge is 2.14. The van der Waals surface area contributed by atoms with E-state index in [-0.39, 0.29) is 5.91 Å². The number of ether oxygens (including phenoxy) is 1. The number of hydrogen-bond donors (Lipinski definition) is 1. The lowest BCUT2D eigenvalue weighted by molar-refractivity contribution is 0.102. The molecule has 31 heavy (non-hydrogen) atoms. The highest BCUT2D eigenvalue weighted by atomic mass is 32.1. The average molecular weight is 431 g/mol. The Labute approximate surface area is 185 Å². The number of carbonyl (C=O) groups excluding carboxylic acids is 1. The van der Waals surface area contributed by atoms with Gasteiger partial charge in [-0.05, 0) is 61.2 Å². The topological polar surface area (TPSA) is 77.0 Å². The fourth-order valence-electron chi connectivity index (χ4n) is 3.35. The average Bonchev–Trinajstić information content (AvgIpc) is 3.22. The summed E-state index contributed by atoms with van der Waals surface area (Å²) in [6, 6.07) is 11.5. The third-order valence-corrected chi connectivity index (χ3v) is 5.63. The van der Waals surface area contributed by atoms with Gasteiger partial charge in [0.25, 0.3) is 5.91 Å². The van der Waals surface area contributed by atoms with Crippen molar-refractivity contribution in [3.05, 3.63) is 82.6 Å². The Morgan fingerprint density at radius 1 is 1.10 bits per heavy atom.